The van der Waals surface area contributed by atoms with Crippen LogP contribution < -0.4 is 20.6 Å². The predicted molar refractivity (Wildman–Crippen MR) is 94.2 cm³/mol. The number of benzene rings is 2. The molecule has 0 aliphatic carbocycles. The minimum Gasteiger partial charge on any atom is -0.493 e. The molecule has 1 aliphatic rings. The number of sulfonamides is 1. The molecule has 4 N–H and O–H groups in total. The Morgan fingerprint density at radius 3 is 2.68 bits per heavy atom. The van der Waals surface area contributed by atoms with E-state index in [1.54, 1.807) is 30.3 Å². The molecule has 130 valence electrons. The van der Waals surface area contributed by atoms with E-state index in [0.29, 0.717) is 23.6 Å². The fourth-order valence-corrected chi connectivity index (χ4v) is 3.17. The SMILES string of the molecule is CCOc1cccc2c1/C(=N/Nc1ccccc1S(N)(=O)=O)C(=O)N2. The van der Waals surface area contributed by atoms with E-state index in [2.05, 4.69) is 15.8 Å². The lowest BCUT2D eigenvalue weighted by Gasteiger charge is -2.09. The Bertz CT molecular complexity index is 970. The first-order chi connectivity index (χ1) is 11.9. The summed E-state index contributed by atoms with van der Waals surface area (Å²) in [6, 6.07) is 11.3. The molecule has 0 aromatic heterocycles. The average Bonchev–Trinajstić information content (AvgIpc) is 2.89. The fourth-order valence-electron chi connectivity index (χ4n) is 2.48. The summed E-state index contributed by atoms with van der Waals surface area (Å²) in [5.74, 6) is 0.0985. The number of carbonyl (C=O) groups is 1. The molecule has 1 heterocycles. The summed E-state index contributed by atoms with van der Waals surface area (Å²) in [6.07, 6.45) is 0. The van der Waals surface area contributed by atoms with Gasteiger partial charge in [0.25, 0.3) is 5.91 Å². The van der Waals surface area contributed by atoms with E-state index in [1.807, 2.05) is 6.92 Å². The van der Waals surface area contributed by atoms with Crippen molar-refractivity contribution in [2.75, 3.05) is 17.3 Å². The molecule has 0 fully saturated rings. The third kappa shape index (κ3) is 3.32. The number of carbonyl (C=O) groups excluding carboxylic acids is 1. The molecule has 8 nitrogen and oxygen atoms in total. The number of para-hydroxylation sites is 1. The lowest BCUT2D eigenvalue weighted by molar-refractivity contribution is -0.110. The minimum atomic E-state index is -3.93. The van der Waals surface area contributed by atoms with Gasteiger partial charge >= 0.3 is 0 Å². The van der Waals surface area contributed by atoms with Gasteiger partial charge in [-0.05, 0) is 31.2 Å². The van der Waals surface area contributed by atoms with E-state index >= 15 is 0 Å². The van der Waals surface area contributed by atoms with E-state index in [-0.39, 0.29) is 16.3 Å². The van der Waals surface area contributed by atoms with Crippen molar-refractivity contribution in [2.24, 2.45) is 10.2 Å². The smallest absolute Gasteiger partial charge is 0.276 e. The Morgan fingerprint density at radius 2 is 1.96 bits per heavy atom. The maximum absolute atomic E-state index is 12.2. The molecule has 2 aromatic rings. The molecule has 0 radical (unpaired) electrons. The van der Waals surface area contributed by atoms with E-state index in [9.17, 15) is 13.2 Å². The van der Waals surface area contributed by atoms with Crippen LogP contribution in [0.4, 0.5) is 11.4 Å². The van der Waals surface area contributed by atoms with E-state index in [0.717, 1.165) is 0 Å². The molecule has 3 rings (SSSR count). The summed E-state index contributed by atoms with van der Waals surface area (Å²) in [6.45, 7) is 2.26. The van der Waals surface area contributed by atoms with E-state index < -0.39 is 15.9 Å². The van der Waals surface area contributed by atoms with Crippen LogP contribution in [-0.4, -0.2) is 26.6 Å². The molecule has 1 aliphatic heterocycles. The van der Waals surface area contributed by atoms with Crippen LogP contribution in [0.5, 0.6) is 5.75 Å². The first-order valence-corrected chi connectivity index (χ1v) is 8.99. The van der Waals surface area contributed by atoms with Crippen molar-refractivity contribution in [3.63, 3.8) is 0 Å². The van der Waals surface area contributed by atoms with Gasteiger partial charge in [-0.1, -0.05) is 18.2 Å². The van der Waals surface area contributed by atoms with Crippen molar-refractivity contribution in [3.8, 4) is 5.75 Å². The van der Waals surface area contributed by atoms with Crippen LogP contribution in [-0.2, 0) is 14.8 Å². The molecular formula is C16H16N4O4S. The number of nitrogens with two attached hydrogens (primary N) is 1. The van der Waals surface area contributed by atoms with Crippen molar-refractivity contribution < 1.29 is 17.9 Å². The van der Waals surface area contributed by atoms with E-state index in [4.69, 9.17) is 9.88 Å². The molecule has 25 heavy (non-hydrogen) atoms. The normalized spacial score (nSPS) is 15.0. The maximum atomic E-state index is 12.2. The molecular weight excluding hydrogens is 344 g/mol. The van der Waals surface area contributed by atoms with Crippen molar-refractivity contribution in [1.29, 1.82) is 0 Å². The zero-order valence-electron chi connectivity index (χ0n) is 13.3. The second kappa shape index (κ2) is 6.54. The highest BCUT2D eigenvalue weighted by Gasteiger charge is 2.30. The number of ether oxygens (including phenoxy) is 1. The number of hydrogen-bond donors (Lipinski definition) is 3. The lowest BCUT2D eigenvalue weighted by atomic mass is 10.1. The lowest BCUT2D eigenvalue weighted by Crippen LogP contribution is -2.18. The number of nitrogens with one attached hydrogen (secondary N) is 2. The number of primary sulfonamides is 1. The summed E-state index contributed by atoms with van der Waals surface area (Å²) in [5.41, 5.74) is 3.99. The van der Waals surface area contributed by atoms with Crippen LogP contribution in [0.1, 0.15) is 12.5 Å². The Morgan fingerprint density at radius 1 is 1.20 bits per heavy atom. The Kier molecular flexibility index (Phi) is 4.43. The number of anilines is 2. The highest BCUT2D eigenvalue weighted by molar-refractivity contribution is 7.89. The second-order valence-electron chi connectivity index (χ2n) is 5.18. The first-order valence-electron chi connectivity index (χ1n) is 7.45. The summed E-state index contributed by atoms with van der Waals surface area (Å²) >= 11 is 0. The monoisotopic (exact) mass is 360 g/mol. The van der Waals surface area contributed by atoms with Gasteiger partial charge in [-0.15, -0.1) is 0 Å². The minimum absolute atomic E-state index is 0.100. The molecule has 9 heteroatoms. The standard InChI is InChI=1S/C16H16N4O4S/c1-2-24-12-8-5-7-11-14(12)15(16(21)18-11)20-19-10-6-3-4-9-13(10)25(17,22)23/h3-9,19H,2H2,1H3,(H2,17,22,23)(H,18,20,21). The van der Waals surface area contributed by atoms with Crippen molar-refractivity contribution in [1.82, 2.24) is 0 Å². The van der Waals surface area contributed by atoms with Gasteiger partial charge in [-0.25, -0.2) is 13.6 Å². The number of nitrogens with zero attached hydrogens (tertiary/aromatic N) is 1. The molecule has 0 saturated carbocycles. The van der Waals surface area contributed by atoms with Crippen LogP contribution >= 0.6 is 0 Å². The van der Waals surface area contributed by atoms with Crippen LogP contribution in [0.3, 0.4) is 0 Å². The molecule has 0 atom stereocenters. The zero-order valence-corrected chi connectivity index (χ0v) is 14.1. The number of amides is 1. The van der Waals surface area contributed by atoms with Gasteiger partial charge in [0, 0.05) is 0 Å². The topological polar surface area (TPSA) is 123 Å². The van der Waals surface area contributed by atoms with Gasteiger partial charge in [-0.2, -0.15) is 5.10 Å². The summed E-state index contributed by atoms with van der Waals surface area (Å²) in [5, 5.41) is 12.0. The van der Waals surface area contributed by atoms with Crippen molar-refractivity contribution in [2.45, 2.75) is 11.8 Å². The second-order valence-corrected chi connectivity index (χ2v) is 6.71. The molecule has 0 bridgehead atoms. The number of hydrazone groups is 1. The molecule has 0 saturated heterocycles. The largest absolute Gasteiger partial charge is 0.493 e. The number of fused-ring (bicyclic) bond motifs is 1. The highest BCUT2D eigenvalue weighted by Crippen LogP contribution is 2.32. The molecule has 1 amide bonds. The molecule has 0 spiro atoms. The van der Waals surface area contributed by atoms with E-state index in [1.165, 1.54) is 12.1 Å². The van der Waals surface area contributed by atoms with Gasteiger partial charge in [0.15, 0.2) is 5.71 Å². The van der Waals surface area contributed by atoms with Crippen molar-refractivity contribution >= 4 is 33.0 Å². The van der Waals surface area contributed by atoms with Gasteiger partial charge in [-0.3, -0.25) is 10.2 Å². The van der Waals surface area contributed by atoms with Gasteiger partial charge in [0.1, 0.15) is 10.6 Å². The Labute approximate surface area is 144 Å². The van der Waals surface area contributed by atoms with Crippen LogP contribution in [0.2, 0.25) is 0 Å². The third-order valence-corrected chi connectivity index (χ3v) is 4.48. The van der Waals surface area contributed by atoms with Gasteiger partial charge < -0.3 is 10.1 Å². The predicted octanol–water partition coefficient (Wildman–Crippen LogP) is 1.50. The zero-order chi connectivity index (χ0) is 18.0. The quantitative estimate of drug-likeness (QED) is 0.697. The maximum Gasteiger partial charge on any atom is 0.276 e. The van der Waals surface area contributed by atoms with Gasteiger partial charge in [0.2, 0.25) is 10.0 Å². The summed E-state index contributed by atoms with van der Waals surface area (Å²) < 4.78 is 28.8. The molecule has 2 aromatic carbocycles. The first kappa shape index (κ1) is 16.9. The van der Waals surface area contributed by atoms with Crippen LogP contribution in [0.15, 0.2) is 52.5 Å². The summed E-state index contributed by atoms with van der Waals surface area (Å²) in [7, 11) is -3.93. The molecule has 0 unspecified atom stereocenters. The van der Waals surface area contributed by atoms with Crippen molar-refractivity contribution in [3.05, 3.63) is 48.0 Å². The average molecular weight is 360 g/mol. The third-order valence-electron chi connectivity index (χ3n) is 3.51. The Balaban J connectivity index is 2.02. The number of rotatable bonds is 5. The van der Waals surface area contributed by atoms with Gasteiger partial charge in [0.05, 0.1) is 23.5 Å². The number of hydrogen-bond acceptors (Lipinski definition) is 6. The summed E-state index contributed by atoms with van der Waals surface area (Å²) in [4.78, 5) is 12.1. The fraction of sp³-hybridized carbons (Fsp3) is 0.125. The Hall–Kier alpha value is -2.91. The van der Waals surface area contributed by atoms with Crippen LogP contribution in [0.25, 0.3) is 0 Å². The van der Waals surface area contributed by atoms with Crippen LogP contribution in [0, 0.1) is 0 Å². The highest BCUT2D eigenvalue weighted by atomic mass is 32.2.